The van der Waals surface area contributed by atoms with E-state index in [0.29, 0.717) is 6.54 Å². The lowest BCUT2D eigenvalue weighted by Gasteiger charge is -2.03. The van der Waals surface area contributed by atoms with E-state index < -0.39 is 0 Å². The second kappa shape index (κ2) is 5.84. The van der Waals surface area contributed by atoms with E-state index in [0.717, 1.165) is 11.1 Å². The maximum absolute atomic E-state index is 11.0. The third kappa shape index (κ3) is 3.84. The predicted molar refractivity (Wildman–Crippen MR) is 57.7 cm³/mol. The van der Waals surface area contributed by atoms with Crippen LogP contribution in [-0.4, -0.2) is 11.0 Å². The number of aliphatic hydroxyl groups is 1. The molecule has 78 valence electrons. The molecule has 1 rings (SSSR count). The van der Waals surface area contributed by atoms with Crippen LogP contribution in [0.2, 0.25) is 0 Å². The summed E-state index contributed by atoms with van der Waals surface area (Å²) in [6.07, 6.45) is 0. The summed E-state index contributed by atoms with van der Waals surface area (Å²) >= 11 is 0. The van der Waals surface area contributed by atoms with Crippen molar-refractivity contribution in [3.8, 4) is 11.8 Å². The van der Waals surface area contributed by atoms with Gasteiger partial charge < -0.3 is 10.4 Å². The van der Waals surface area contributed by atoms with Crippen LogP contribution in [0.1, 0.15) is 18.1 Å². The Morgan fingerprint density at radius 3 is 2.87 bits per heavy atom. The first-order chi connectivity index (χ1) is 7.26. The van der Waals surface area contributed by atoms with E-state index in [9.17, 15) is 4.79 Å². The fourth-order valence-electron chi connectivity index (χ4n) is 1.18. The highest BCUT2D eigenvalue weighted by Crippen LogP contribution is 2.04. The fraction of sp³-hybridized carbons (Fsp3) is 0.250. The molecule has 0 radical (unpaired) electrons. The van der Waals surface area contributed by atoms with Gasteiger partial charge in [0.1, 0.15) is 0 Å². The molecule has 0 aromatic heterocycles. The molecular weight excluding hydrogens is 190 g/mol. The number of benzene rings is 1. The number of rotatable bonds is 3. The Morgan fingerprint density at radius 2 is 2.20 bits per heavy atom. The molecule has 1 aromatic rings. The molecule has 0 saturated carbocycles. The van der Waals surface area contributed by atoms with Crippen LogP contribution in [0.25, 0.3) is 0 Å². The summed E-state index contributed by atoms with van der Waals surface area (Å²) < 4.78 is 0. The second-order valence-electron chi connectivity index (χ2n) is 3.04. The van der Waals surface area contributed by atoms with E-state index in [1.54, 1.807) is 6.92 Å². The van der Waals surface area contributed by atoms with Crippen molar-refractivity contribution >= 4 is 5.91 Å². The zero-order chi connectivity index (χ0) is 11.1. The van der Waals surface area contributed by atoms with Crippen molar-refractivity contribution in [2.45, 2.75) is 20.1 Å². The lowest BCUT2D eigenvalue weighted by molar-refractivity contribution is -0.115. The van der Waals surface area contributed by atoms with Crippen molar-refractivity contribution < 1.29 is 9.90 Å². The van der Waals surface area contributed by atoms with Gasteiger partial charge in [-0.3, -0.25) is 4.79 Å². The third-order valence-corrected chi connectivity index (χ3v) is 1.87. The first-order valence-electron chi connectivity index (χ1n) is 4.65. The van der Waals surface area contributed by atoms with Gasteiger partial charge in [0.15, 0.2) is 0 Å². The highest BCUT2D eigenvalue weighted by Gasteiger charge is 1.97. The average Bonchev–Trinajstić information content (AvgIpc) is 2.27. The SMILES string of the molecule is CC#CC(=O)NCc1cccc(CO)c1. The van der Waals surface area contributed by atoms with Crippen LogP contribution >= 0.6 is 0 Å². The molecule has 0 fully saturated rings. The normalized spacial score (nSPS) is 8.93. The Hall–Kier alpha value is -1.79. The van der Waals surface area contributed by atoms with Crippen LogP contribution in [0.5, 0.6) is 0 Å². The summed E-state index contributed by atoms with van der Waals surface area (Å²) in [5.74, 6) is 4.63. The molecule has 2 N–H and O–H groups in total. The standard InChI is InChI=1S/C12H13NO2/c1-2-4-12(15)13-8-10-5-3-6-11(7-10)9-14/h3,5-7,14H,8-9H2,1H3,(H,13,15). The number of nitrogens with one attached hydrogen (secondary N) is 1. The van der Waals surface area contributed by atoms with Crippen molar-refractivity contribution in [3.05, 3.63) is 35.4 Å². The van der Waals surface area contributed by atoms with E-state index in [2.05, 4.69) is 17.2 Å². The van der Waals surface area contributed by atoms with Gasteiger partial charge in [-0.15, -0.1) is 0 Å². The molecule has 0 atom stereocenters. The van der Waals surface area contributed by atoms with Crippen molar-refractivity contribution in [3.63, 3.8) is 0 Å². The highest BCUT2D eigenvalue weighted by atomic mass is 16.3. The predicted octanol–water partition coefficient (Wildman–Crippen LogP) is 0.818. The summed E-state index contributed by atoms with van der Waals surface area (Å²) in [6.45, 7) is 2.06. The zero-order valence-electron chi connectivity index (χ0n) is 8.58. The Labute approximate surface area is 89.1 Å². The molecule has 3 heteroatoms. The monoisotopic (exact) mass is 203 g/mol. The number of aliphatic hydroxyl groups excluding tert-OH is 1. The fourth-order valence-corrected chi connectivity index (χ4v) is 1.18. The van der Waals surface area contributed by atoms with E-state index >= 15 is 0 Å². The number of amides is 1. The van der Waals surface area contributed by atoms with E-state index in [-0.39, 0.29) is 12.5 Å². The van der Waals surface area contributed by atoms with Gasteiger partial charge in [-0.05, 0) is 24.0 Å². The summed E-state index contributed by atoms with van der Waals surface area (Å²) in [5.41, 5.74) is 1.79. The summed E-state index contributed by atoms with van der Waals surface area (Å²) in [6, 6.07) is 7.41. The lowest BCUT2D eigenvalue weighted by atomic mass is 10.1. The van der Waals surface area contributed by atoms with Gasteiger partial charge in [-0.1, -0.05) is 30.2 Å². The van der Waals surface area contributed by atoms with Gasteiger partial charge in [0, 0.05) is 6.54 Å². The molecule has 1 aromatic carbocycles. The van der Waals surface area contributed by atoms with Crippen LogP contribution in [-0.2, 0) is 17.9 Å². The topological polar surface area (TPSA) is 49.3 Å². The van der Waals surface area contributed by atoms with Crippen molar-refractivity contribution in [1.82, 2.24) is 5.32 Å². The van der Waals surface area contributed by atoms with Gasteiger partial charge in [0.05, 0.1) is 6.61 Å². The van der Waals surface area contributed by atoms with Crippen LogP contribution in [0.3, 0.4) is 0 Å². The number of hydrogen-bond donors (Lipinski definition) is 2. The molecule has 0 bridgehead atoms. The van der Waals surface area contributed by atoms with Crippen molar-refractivity contribution in [1.29, 1.82) is 0 Å². The van der Waals surface area contributed by atoms with E-state index in [1.807, 2.05) is 24.3 Å². The van der Waals surface area contributed by atoms with Gasteiger partial charge >= 0.3 is 0 Å². The van der Waals surface area contributed by atoms with Crippen LogP contribution in [0, 0.1) is 11.8 Å². The summed E-state index contributed by atoms with van der Waals surface area (Å²) in [7, 11) is 0. The minimum absolute atomic E-state index is 0.0105. The molecule has 0 aliphatic rings. The average molecular weight is 203 g/mol. The Bertz CT molecular complexity index is 402. The molecule has 0 spiro atoms. The van der Waals surface area contributed by atoms with Gasteiger partial charge in [0.25, 0.3) is 5.91 Å². The minimum Gasteiger partial charge on any atom is -0.392 e. The maximum Gasteiger partial charge on any atom is 0.296 e. The summed E-state index contributed by atoms with van der Waals surface area (Å²) in [5, 5.41) is 11.6. The van der Waals surface area contributed by atoms with Crippen LogP contribution in [0.15, 0.2) is 24.3 Å². The smallest absolute Gasteiger partial charge is 0.296 e. The summed E-state index contributed by atoms with van der Waals surface area (Å²) in [4.78, 5) is 11.0. The van der Waals surface area contributed by atoms with Crippen molar-refractivity contribution in [2.24, 2.45) is 0 Å². The second-order valence-corrected chi connectivity index (χ2v) is 3.04. The molecule has 0 aliphatic heterocycles. The van der Waals surface area contributed by atoms with E-state index in [1.165, 1.54) is 0 Å². The van der Waals surface area contributed by atoms with Gasteiger partial charge in [-0.2, -0.15) is 0 Å². The highest BCUT2D eigenvalue weighted by molar-refractivity contribution is 5.93. The van der Waals surface area contributed by atoms with E-state index in [4.69, 9.17) is 5.11 Å². The molecule has 0 aliphatic carbocycles. The number of carbonyl (C=O) groups excluding carboxylic acids is 1. The Morgan fingerprint density at radius 1 is 1.47 bits per heavy atom. The molecule has 1 amide bonds. The zero-order valence-corrected chi connectivity index (χ0v) is 8.58. The largest absolute Gasteiger partial charge is 0.392 e. The van der Waals surface area contributed by atoms with Gasteiger partial charge in [-0.25, -0.2) is 0 Å². The molecule has 15 heavy (non-hydrogen) atoms. The molecule has 0 heterocycles. The van der Waals surface area contributed by atoms with Crippen molar-refractivity contribution in [2.75, 3.05) is 0 Å². The maximum atomic E-state index is 11.0. The van der Waals surface area contributed by atoms with Gasteiger partial charge in [0.2, 0.25) is 0 Å². The number of carbonyl (C=O) groups is 1. The number of hydrogen-bond acceptors (Lipinski definition) is 2. The first kappa shape index (κ1) is 11.3. The minimum atomic E-state index is -0.285. The lowest BCUT2D eigenvalue weighted by Crippen LogP contribution is -2.20. The Kier molecular flexibility index (Phi) is 4.39. The Balaban J connectivity index is 2.56. The molecule has 0 saturated heterocycles. The van der Waals surface area contributed by atoms with Crippen LogP contribution < -0.4 is 5.32 Å². The first-order valence-corrected chi connectivity index (χ1v) is 4.65. The molecule has 0 unspecified atom stereocenters. The molecular formula is C12H13NO2. The quantitative estimate of drug-likeness (QED) is 0.714. The van der Waals surface area contributed by atoms with Crippen LogP contribution in [0.4, 0.5) is 0 Å². The third-order valence-electron chi connectivity index (χ3n) is 1.87. The molecule has 3 nitrogen and oxygen atoms in total.